The van der Waals surface area contributed by atoms with Gasteiger partial charge in [-0.15, -0.1) is 0 Å². The molecule has 22 heavy (non-hydrogen) atoms. The summed E-state index contributed by atoms with van der Waals surface area (Å²) in [6, 6.07) is 18.5. The van der Waals surface area contributed by atoms with E-state index in [4.69, 9.17) is 4.74 Å². The number of benzene rings is 2. The molecule has 1 fully saturated rings. The van der Waals surface area contributed by atoms with E-state index in [1.165, 1.54) is 11.1 Å². The number of hydrogen-bond acceptors (Lipinski definition) is 2. The molecule has 114 valence electrons. The Balaban J connectivity index is 1.85. The number of carbonyl (C=O) groups excluding carboxylic acids is 1. The summed E-state index contributed by atoms with van der Waals surface area (Å²) >= 11 is 0. The summed E-state index contributed by atoms with van der Waals surface area (Å²) in [5.74, 6) is -0.254. The number of carbonyl (C=O) groups is 1. The lowest BCUT2D eigenvalue weighted by atomic mass is 9.74. The van der Waals surface area contributed by atoms with Crippen LogP contribution >= 0.6 is 0 Å². The molecule has 0 bridgehead atoms. The van der Waals surface area contributed by atoms with Gasteiger partial charge in [-0.2, -0.15) is 0 Å². The maximum absolute atomic E-state index is 12.2. The molecule has 2 aromatic rings. The van der Waals surface area contributed by atoms with Gasteiger partial charge in [0.25, 0.3) is 0 Å². The van der Waals surface area contributed by atoms with Gasteiger partial charge < -0.3 is 4.74 Å². The topological polar surface area (TPSA) is 26.3 Å². The van der Waals surface area contributed by atoms with Gasteiger partial charge in [0.05, 0.1) is 5.92 Å². The monoisotopic (exact) mass is 294 g/mol. The van der Waals surface area contributed by atoms with E-state index in [1.54, 1.807) is 0 Å². The molecule has 2 heteroatoms. The molecule has 2 aromatic carbocycles. The highest BCUT2D eigenvalue weighted by Gasteiger charge is 2.41. The summed E-state index contributed by atoms with van der Waals surface area (Å²) in [5, 5.41) is 0. The predicted molar refractivity (Wildman–Crippen MR) is 88.6 cm³/mol. The smallest absolute Gasteiger partial charge is 0.313 e. The Bertz CT molecular complexity index is 656. The van der Waals surface area contributed by atoms with E-state index in [2.05, 4.69) is 50.2 Å². The van der Waals surface area contributed by atoms with Crippen molar-refractivity contribution in [1.82, 2.24) is 0 Å². The van der Waals surface area contributed by atoms with Gasteiger partial charge in [-0.25, -0.2) is 0 Å². The third-order valence-corrected chi connectivity index (χ3v) is 4.83. The van der Waals surface area contributed by atoms with Gasteiger partial charge >= 0.3 is 5.97 Å². The predicted octanol–water partition coefficient (Wildman–Crippen LogP) is 4.80. The van der Waals surface area contributed by atoms with Crippen molar-refractivity contribution in [2.24, 2.45) is 5.41 Å². The minimum absolute atomic E-state index is 0.0106. The lowest BCUT2D eigenvalue weighted by molar-refractivity contribution is -0.165. The minimum Gasteiger partial charge on any atom is -0.462 e. The molecule has 2 nitrogen and oxygen atoms in total. The van der Waals surface area contributed by atoms with Crippen LogP contribution in [-0.4, -0.2) is 12.1 Å². The Morgan fingerprint density at radius 2 is 1.55 bits per heavy atom. The van der Waals surface area contributed by atoms with Crippen molar-refractivity contribution >= 4 is 5.97 Å². The molecule has 0 N–H and O–H groups in total. The number of esters is 1. The molecule has 1 aliphatic heterocycles. The second kappa shape index (κ2) is 5.60. The zero-order valence-corrected chi connectivity index (χ0v) is 13.4. The fourth-order valence-corrected chi connectivity index (χ4v) is 2.98. The normalized spacial score (nSPS) is 23.9. The number of ether oxygens (including phenoxy) is 1. The number of hydrogen-bond donors (Lipinski definition) is 0. The molecular weight excluding hydrogens is 272 g/mol. The van der Waals surface area contributed by atoms with Gasteiger partial charge in [0.1, 0.15) is 6.10 Å². The van der Waals surface area contributed by atoms with Gasteiger partial charge in [-0.3, -0.25) is 4.79 Å². The van der Waals surface area contributed by atoms with Gasteiger partial charge in [-0.05, 0) is 30.0 Å². The van der Waals surface area contributed by atoms with Gasteiger partial charge in [-0.1, -0.05) is 68.4 Å². The van der Waals surface area contributed by atoms with Crippen LogP contribution in [0.2, 0.25) is 0 Å². The summed E-state index contributed by atoms with van der Waals surface area (Å²) in [5.41, 5.74) is 3.41. The molecule has 0 spiro atoms. The summed E-state index contributed by atoms with van der Waals surface area (Å²) in [6.07, 6.45) is 0.803. The van der Waals surface area contributed by atoms with Crippen molar-refractivity contribution in [3.8, 4) is 11.1 Å². The molecule has 2 unspecified atom stereocenters. The largest absolute Gasteiger partial charge is 0.462 e. The Labute approximate surface area is 132 Å². The molecule has 0 aromatic heterocycles. The second-order valence-electron chi connectivity index (χ2n) is 6.81. The lowest BCUT2D eigenvalue weighted by Gasteiger charge is -2.39. The van der Waals surface area contributed by atoms with Gasteiger partial charge in [0, 0.05) is 5.41 Å². The van der Waals surface area contributed by atoms with Crippen LogP contribution in [-0.2, 0) is 9.53 Å². The fraction of sp³-hybridized carbons (Fsp3) is 0.350. The maximum atomic E-state index is 12.2. The molecule has 1 heterocycles. The SMILES string of the molecule is CC1OC(=O)C(c2ccc(-c3ccccc3)cc2)CC1(C)C. The molecule has 0 saturated carbocycles. The average Bonchev–Trinajstić information content (AvgIpc) is 2.52. The van der Waals surface area contributed by atoms with Crippen LogP contribution in [0, 0.1) is 5.41 Å². The summed E-state index contributed by atoms with van der Waals surface area (Å²) in [6.45, 7) is 6.30. The van der Waals surface area contributed by atoms with E-state index in [-0.39, 0.29) is 23.4 Å². The summed E-state index contributed by atoms with van der Waals surface area (Å²) in [7, 11) is 0. The fourth-order valence-electron chi connectivity index (χ4n) is 2.98. The van der Waals surface area contributed by atoms with Crippen molar-refractivity contribution in [3.63, 3.8) is 0 Å². The molecule has 0 amide bonds. The number of cyclic esters (lactones) is 1. The van der Waals surface area contributed by atoms with Crippen molar-refractivity contribution < 1.29 is 9.53 Å². The first-order valence-electron chi connectivity index (χ1n) is 7.83. The molecule has 2 atom stereocenters. The van der Waals surface area contributed by atoms with Crippen LogP contribution in [0.5, 0.6) is 0 Å². The van der Waals surface area contributed by atoms with Crippen LogP contribution < -0.4 is 0 Å². The first-order chi connectivity index (χ1) is 10.5. The maximum Gasteiger partial charge on any atom is 0.313 e. The third-order valence-electron chi connectivity index (χ3n) is 4.83. The van der Waals surface area contributed by atoms with E-state index in [1.807, 2.05) is 25.1 Å². The standard InChI is InChI=1S/C20H22O2/c1-14-20(2,3)13-18(19(21)22-14)17-11-9-16(10-12-17)15-7-5-4-6-8-15/h4-12,14,18H,13H2,1-3H3. The van der Waals surface area contributed by atoms with Crippen LogP contribution in [0.1, 0.15) is 38.7 Å². The molecule has 1 aliphatic rings. The first-order valence-corrected chi connectivity index (χ1v) is 7.83. The van der Waals surface area contributed by atoms with E-state index in [0.717, 1.165) is 12.0 Å². The summed E-state index contributed by atoms with van der Waals surface area (Å²) in [4.78, 5) is 12.2. The Kier molecular flexibility index (Phi) is 3.78. The highest BCUT2D eigenvalue weighted by Crippen LogP contribution is 2.41. The number of rotatable bonds is 2. The van der Waals surface area contributed by atoms with E-state index >= 15 is 0 Å². The van der Waals surface area contributed by atoms with E-state index in [0.29, 0.717) is 0 Å². The van der Waals surface area contributed by atoms with Crippen LogP contribution in [0.4, 0.5) is 0 Å². The molecule has 0 aliphatic carbocycles. The van der Waals surface area contributed by atoms with Crippen molar-refractivity contribution in [2.75, 3.05) is 0 Å². The highest BCUT2D eigenvalue weighted by atomic mass is 16.5. The first kappa shape index (κ1) is 14.8. The van der Waals surface area contributed by atoms with Crippen LogP contribution in [0.25, 0.3) is 11.1 Å². The third kappa shape index (κ3) is 2.78. The lowest BCUT2D eigenvalue weighted by Crippen LogP contribution is -2.41. The van der Waals surface area contributed by atoms with Crippen molar-refractivity contribution in [2.45, 2.75) is 39.2 Å². The quantitative estimate of drug-likeness (QED) is 0.744. The van der Waals surface area contributed by atoms with E-state index in [9.17, 15) is 4.79 Å². The van der Waals surface area contributed by atoms with E-state index < -0.39 is 0 Å². The Hall–Kier alpha value is -2.09. The molecular formula is C20H22O2. The zero-order valence-electron chi connectivity index (χ0n) is 13.4. The van der Waals surface area contributed by atoms with Crippen LogP contribution in [0.3, 0.4) is 0 Å². The van der Waals surface area contributed by atoms with Crippen molar-refractivity contribution in [1.29, 1.82) is 0 Å². The summed E-state index contributed by atoms with van der Waals surface area (Å²) < 4.78 is 5.54. The molecule has 1 saturated heterocycles. The molecule has 3 rings (SSSR count). The minimum atomic E-state index is -0.156. The van der Waals surface area contributed by atoms with Gasteiger partial charge in [0.15, 0.2) is 0 Å². The second-order valence-corrected chi connectivity index (χ2v) is 6.81. The Morgan fingerprint density at radius 1 is 0.955 bits per heavy atom. The highest BCUT2D eigenvalue weighted by molar-refractivity contribution is 5.79. The van der Waals surface area contributed by atoms with Crippen LogP contribution in [0.15, 0.2) is 54.6 Å². The van der Waals surface area contributed by atoms with Crippen molar-refractivity contribution in [3.05, 3.63) is 60.2 Å². The Morgan fingerprint density at radius 3 is 2.18 bits per heavy atom. The molecule has 0 radical (unpaired) electrons. The average molecular weight is 294 g/mol. The van der Waals surface area contributed by atoms with Gasteiger partial charge in [0.2, 0.25) is 0 Å². The zero-order chi connectivity index (χ0) is 15.7.